The van der Waals surface area contributed by atoms with Crippen molar-refractivity contribution in [2.75, 3.05) is 26.9 Å². The van der Waals surface area contributed by atoms with Crippen LogP contribution in [0.2, 0.25) is 0 Å². The Bertz CT molecular complexity index is 312. The van der Waals surface area contributed by atoms with Gasteiger partial charge < -0.3 is 20.3 Å². The smallest absolute Gasteiger partial charge is 0.308 e. The number of carbonyl (C=O) groups excluding carboxylic acids is 1. The topological polar surface area (TPSA) is 98.9 Å². The molecule has 1 fully saturated rings. The van der Waals surface area contributed by atoms with Crippen LogP contribution in [0.15, 0.2) is 0 Å². The maximum Gasteiger partial charge on any atom is 0.308 e. The van der Waals surface area contributed by atoms with Crippen LogP contribution in [0.1, 0.15) is 32.1 Å². The largest absolute Gasteiger partial charge is 0.481 e. The molecule has 110 valence electrons. The summed E-state index contributed by atoms with van der Waals surface area (Å²) >= 11 is 0. The van der Waals surface area contributed by atoms with E-state index in [1.165, 1.54) is 0 Å². The van der Waals surface area contributed by atoms with Gasteiger partial charge in [0.05, 0.1) is 25.7 Å². The zero-order chi connectivity index (χ0) is 14.3. The van der Waals surface area contributed by atoms with E-state index >= 15 is 0 Å². The molecule has 0 bridgehead atoms. The first-order valence-electron chi connectivity index (χ1n) is 6.61. The van der Waals surface area contributed by atoms with Gasteiger partial charge in [-0.15, -0.1) is 0 Å². The van der Waals surface area contributed by atoms with Crippen LogP contribution in [0, 0.1) is 11.3 Å². The lowest BCUT2D eigenvalue weighted by molar-refractivity contribution is -0.146. The van der Waals surface area contributed by atoms with Crippen molar-refractivity contribution < 1.29 is 24.2 Å². The van der Waals surface area contributed by atoms with Gasteiger partial charge in [-0.3, -0.25) is 9.59 Å². The van der Waals surface area contributed by atoms with E-state index in [1.807, 2.05) is 0 Å². The monoisotopic (exact) mass is 273 g/mol. The van der Waals surface area contributed by atoms with E-state index in [2.05, 4.69) is 0 Å². The molecule has 0 radical (unpaired) electrons. The third kappa shape index (κ3) is 4.47. The summed E-state index contributed by atoms with van der Waals surface area (Å²) in [5.41, 5.74) is 4.81. The van der Waals surface area contributed by atoms with Crippen LogP contribution in [0.3, 0.4) is 0 Å². The van der Waals surface area contributed by atoms with Crippen LogP contribution in [0.25, 0.3) is 0 Å². The molecule has 0 aromatic rings. The number of hydrogen-bond donors (Lipinski definition) is 2. The molecule has 1 unspecified atom stereocenters. The number of carboxylic acid groups (broad SMARTS) is 1. The number of ether oxygens (including phenoxy) is 2. The van der Waals surface area contributed by atoms with E-state index in [0.29, 0.717) is 26.1 Å². The van der Waals surface area contributed by atoms with Crippen molar-refractivity contribution in [2.24, 2.45) is 17.1 Å². The van der Waals surface area contributed by atoms with Crippen molar-refractivity contribution in [1.29, 1.82) is 0 Å². The zero-order valence-corrected chi connectivity index (χ0v) is 11.4. The summed E-state index contributed by atoms with van der Waals surface area (Å²) in [6.45, 7) is 0.866. The van der Waals surface area contributed by atoms with E-state index in [9.17, 15) is 14.7 Å². The normalized spacial score (nSPS) is 19.2. The minimum absolute atomic E-state index is 0.0910. The molecule has 1 aliphatic carbocycles. The number of nitrogens with two attached hydrogens (primary N) is 1. The predicted octanol–water partition coefficient (Wildman–Crippen LogP) is 0.786. The summed E-state index contributed by atoms with van der Waals surface area (Å²) in [5.74, 6) is -2.01. The molecule has 0 heterocycles. The maximum atomic E-state index is 11.6. The molecule has 1 saturated carbocycles. The predicted molar refractivity (Wildman–Crippen MR) is 68.5 cm³/mol. The van der Waals surface area contributed by atoms with Gasteiger partial charge in [-0.25, -0.2) is 0 Å². The fourth-order valence-electron chi connectivity index (χ4n) is 2.66. The molecule has 0 spiro atoms. The third-order valence-corrected chi connectivity index (χ3v) is 3.82. The Hall–Kier alpha value is -1.14. The number of carbonyl (C=O) groups is 2. The number of carboxylic acids is 1. The Balaban J connectivity index is 2.56. The molecular weight excluding hydrogens is 250 g/mol. The second-order valence-corrected chi connectivity index (χ2v) is 5.16. The third-order valence-electron chi connectivity index (χ3n) is 3.82. The first kappa shape index (κ1) is 15.9. The van der Waals surface area contributed by atoms with Gasteiger partial charge in [0, 0.05) is 12.5 Å². The zero-order valence-electron chi connectivity index (χ0n) is 11.4. The highest BCUT2D eigenvalue weighted by atomic mass is 16.5. The number of primary amides is 1. The van der Waals surface area contributed by atoms with Crippen LogP contribution in [-0.4, -0.2) is 43.9 Å². The first-order chi connectivity index (χ1) is 9.02. The van der Waals surface area contributed by atoms with Gasteiger partial charge in [0.15, 0.2) is 0 Å². The van der Waals surface area contributed by atoms with Crippen molar-refractivity contribution in [3.63, 3.8) is 0 Å². The van der Waals surface area contributed by atoms with Gasteiger partial charge in [-0.1, -0.05) is 12.8 Å². The Morgan fingerprint density at radius 3 is 2.42 bits per heavy atom. The van der Waals surface area contributed by atoms with E-state index in [-0.39, 0.29) is 18.9 Å². The summed E-state index contributed by atoms with van der Waals surface area (Å²) in [5, 5.41) is 9.22. The molecule has 19 heavy (non-hydrogen) atoms. The molecule has 0 saturated heterocycles. The second kappa shape index (κ2) is 7.45. The quantitative estimate of drug-likeness (QED) is 0.605. The van der Waals surface area contributed by atoms with Crippen molar-refractivity contribution in [2.45, 2.75) is 32.1 Å². The molecule has 3 N–H and O–H groups in total. The Kier molecular flexibility index (Phi) is 6.24. The Morgan fingerprint density at radius 1 is 1.32 bits per heavy atom. The fourth-order valence-corrected chi connectivity index (χ4v) is 2.66. The summed E-state index contributed by atoms with van der Waals surface area (Å²) in [6.07, 6.45) is 3.50. The lowest BCUT2D eigenvalue weighted by Crippen LogP contribution is -2.39. The molecule has 1 aliphatic rings. The van der Waals surface area contributed by atoms with Gasteiger partial charge in [0.2, 0.25) is 5.91 Å². The van der Waals surface area contributed by atoms with Gasteiger partial charge in [-0.2, -0.15) is 0 Å². The van der Waals surface area contributed by atoms with Gasteiger partial charge >= 0.3 is 5.97 Å². The summed E-state index contributed by atoms with van der Waals surface area (Å²) in [6, 6.07) is 0. The van der Waals surface area contributed by atoms with Crippen LogP contribution in [0.5, 0.6) is 0 Å². The highest BCUT2D eigenvalue weighted by Gasteiger charge is 2.42. The highest BCUT2D eigenvalue weighted by Crippen LogP contribution is 2.43. The first-order valence-corrected chi connectivity index (χ1v) is 6.61. The average molecular weight is 273 g/mol. The number of amides is 1. The van der Waals surface area contributed by atoms with E-state index in [0.717, 1.165) is 12.8 Å². The Labute approximate surface area is 113 Å². The van der Waals surface area contributed by atoms with E-state index in [4.69, 9.17) is 15.2 Å². The van der Waals surface area contributed by atoms with Gasteiger partial charge in [-0.05, 0) is 19.3 Å². The lowest BCUT2D eigenvalue weighted by atomic mass is 9.77. The molecule has 1 rings (SSSR count). The van der Waals surface area contributed by atoms with Crippen molar-refractivity contribution in [1.82, 2.24) is 0 Å². The van der Waals surface area contributed by atoms with Crippen molar-refractivity contribution >= 4 is 11.9 Å². The molecule has 6 nitrogen and oxygen atoms in total. The van der Waals surface area contributed by atoms with Crippen LogP contribution >= 0.6 is 0 Å². The van der Waals surface area contributed by atoms with E-state index in [1.54, 1.807) is 7.11 Å². The standard InChI is InChI=1S/C13H23NO5/c1-18-6-7-19-9-10(11(15)16)8-13(12(14)17)4-2-3-5-13/h10H,2-9H2,1H3,(H2,14,17)(H,15,16). The molecule has 1 atom stereocenters. The molecule has 0 aliphatic heterocycles. The van der Waals surface area contributed by atoms with Crippen LogP contribution in [-0.2, 0) is 19.1 Å². The summed E-state index contributed by atoms with van der Waals surface area (Å²) in [4.78, 5) is 22.9. The van der Waals surface area contributed by atoms with Crippen molar-refractivity contribution in [3.05, 3.63) is 0 Å². The summed E-state index contributed by atoms with van der Waals surface area (Å²) < 4.78 is 10.1. The SMILES string of the molecule is COCCOCC(CC1(C(N)=O)CCCC1)C(=O)O. The molecule has 6 heteroatoms. The van der Waals surface area contributed by atoms with E-state index < -0.39 is 17.3 Å². The maximum absolute atomic E-state index is 11.6. The van der Waals surface area contributed by atoms with Crippen molar-refractivity contribution in [3.8, 4) is 0 Å². The minimum atomic E-state index is -0.940. The molecule has 0 aromatic heterocycles. The highest BCUT2D eigenvalue weighted by molar-refractivity contribution is 5.82. The Morgan fingerprint density at radius 2 is 1.95 bits per heavy atom. The molecule has 1 amide bonds. The van der Waals surface area contributed by atoms with Gasteiger partial charge in [0.25, 0.3) is 0 Å². The average Bonchev–Trinajstić information content (AvgIpc) is 2.82. The number of aliphatic carboxylic acids is 1. The summed E-state index contributed by atoms with van der Waals surface area (Å²) in [7, 11) is 1.55. The van der Waals surface area contributed by atoms with Crippen LogP contribution < -0.4 is 5.73 Å². The number of methoxy groups -OCH3 is 1. The fraction of sp³-hybridized carbons (Fsp3) is 0.846. The van der Waals surface area contributed by atoms with Gasteiger partial charge in [0.1, 0.15) is 0 Å². The minimum Gasteiger partial charge on any atom is -0.481 e. The number of hydrogen-bond acceptors (Lipinski definition) is 4. The number of rotatable bonds is 9. The second-order valence-electron chi connectivity index (χ2n) is 5.16. The molecular formula is C13H23NO5. The van der Waals surface area contributed by atoms with Crippen LogP contribution in [0.4, 0.5) is 0 Å². The molecule has 0 aromatic carbocycles. The lowest BCUT2D eigenvalue weighted by Gasteiger charge is -2.28.